The summed E-state index contributed by atoms with van der Waals surface area (Å²) >= 11 is 0. The average molecular weight is 236 g/mol. The predicted molar refractivity (Wildman–Crippen MR) is 74.9 cm³/mol. The van der Waals surface area contributed by atoms with Gasteiger partial charge in [0.15, 0.2) is 0 Å². The smallest absolute Gasteiger partial charge is 0.424 e. The van der Waals surface area contributed by atoms with E-state index in [1.807, 2.05) is 24.3 Å². The van der Waals surface area contributed by atoms with Gasteiger partial charge in [-0.3, -0.25) is 0 Å². The molecule has 0 bridgehead atoms. The van der Waals surface area contributed by atoms with Gasteiger partial charge in [-0.1, -0.05) is 30.3 Å². The van der Waals surface area contributed by atoms with Gasteiger partial charge >= 0.3 is 7.12 Å². The van der Waals surface area contributed by atoms with E-state index in [-0.39, 0.29) is 0 Å². The quantitative estimate of drug-likeness (QED) is 0.477. The van der Waals surface area contributed by atoms with Crippen LogP contribution in [-0.4, -0.2) is 25.2 Å². The van der Waals surface area contributed by atoms with Crippen LogP contribution >= 0.6 is 0 Å². The Morgan fingerprint density at radius 2 is 1.31 bits per heavy atom. The van der Waals surface area contributed by atoms with Gasteiger partial charge in [0.2, 0.25) is 0 Å². The first kappa shape index (κ1) is 15.2. The number of allylic oxidation sites excluding steroid dienone is 4. The maximum atomic E-state index is 8.76. The van der Waals surface area contributed by atoms with E-state index in [1.54, 1.807) is 0 Å². The topological polar surface area (TPSA) is 40.5 Å². The fourth-order valence-electron chi connectivity index (χ4n) is 1.86. The molecule has 0 aromatic rings. The number of hydrogen-bond donors (Lipinski definition) is 2. The van der Waals surface area contributed by atoms with Crippen molar-refractivity contribution >= 4 is 15.2 Å². The molecule has 0 aromatic heterocycles. The molecule has 0 aliphatic carbocycles. The van der Waals surface area contributed by atoms with Crippen molar-refractivity contribution in [3.05, 3.63) is 50.0 Å². The minimum absolute atomic E-state index is 0.898. The molecule has 0 fully saturated rings. The Morgan fingerprint density at radius 3 is 1.62 bits per heavy atom. The van der Waals surface area contributed by atoms with Crippen LogP contribution in [0, 0.1) is 0 Å². The molecule has 0 unspecified atom stereocenters. The van der Waals surface area contributed by atoms with Gasteiger partial charge in [0.1, 0.15) is 0 Å². The molecule has 0 radical (unpaired) electrons. The Kier molecular flexibility index (Phi) is 7.89. The van der Waals surface area contributed by atoms with E-state index in [9.17, 15) is 0 Å². The van der Waals surface area contributed by atoms with E-state index in [1.165, 1.54) is 5.98 Å². The summed E-state index contributed by atoms with van der Waals surface area (Å²) in [7, 11) is -2.88. The monoisotopic (exact) mass is 236 g/mol. The molecule has 0 spiro atoms. The molecular weight excluding hydrogens is 215 g/mol. The van der Waals surface area contributed by atoms with Crippen molar-refractivity contribution in [3.8, 4) is 0 Å². The van der Waals surface area contributed by atoms with Crippen LogP contribution in [0.2, 0.25) is 24.2 Å². The van der Waals surface area contributed by atoms with Crippen molar-refractivity contribution in [2.45, 2.75) is 24.2 Å². The molecule has 0 saturated carbocycles. The summed E-state index contributed by atoms with van der Waals surface area (Å²) in [6, 6.07) is 3.89. The second kappa shape index (κ2) is 8.33. The highest BCUT2D eigenvalue weighted by molar-refractivity contribution is 6.81. The first-order valence-electron chi connectivity index (χ1n) is 5.46. The molecule has 0 rings (SSSR count). The molecular formula is C12H21BO2Si. The molecule has 0 amide bonds. The largest absolute Gasteiger partial charge is 0.480 e. The maximum Gasteiger partial charge on any atom is 0.480 e. The fraction of sp³-hybridized carbons (Fsp3) is 0.333. The Morgan fingerprint density at radius 1 is 0.875 bits per heavy atom. The van der Waals surface area contributed by atoms with Crippen molar-refractivity contribution in [1.82, 2.24) is 0 Å². The highest BCUT2D eigenvalue weighted by Gasteiger charge is 2.27. The van der Waals surface area contributed by atoms with Gasteiger partial charge in [-0.15, -0.1) is 19.7 Å². The zero-order valence-electron chi connectivity index (χ0n) is 9.81. The first-order valence-corrected chi connectivity index (χ1v) is 8.28. The van der Waals surface area contributed by atoms with Gasteiger partial charge in [0, 0.05) is 0 Å². The normalized spacial score (nSPS) is 11.4. The van der Waals surface area contributed by atoms with Crippen molar-refractivity contribution in [2.75, 3.05) is 0 Å². The summed E-state index contributed by atoms with van der Waals surface area (Å²) < 4.78 is 0. The zero-order chi connectivity index (χ0) is 12.4. The van der Waals surface area contributed by atoms with Crippen LogP contribution in [0.3, 0.4) is 0 Å². The Bertz CT molecular complexity index is 235. The number of hydrogen-bond acceptors (Lipinski definition) is 2. The third kappa shape index (κ3) is 5.90. The molecule has 0 aliphatic heterocycles. The maximum absolute atomic E-state index is 8.76. The molecule has 0 heterocycles. The van der Waals surface area contributed by atoms with E-state index >= 15 is 0 Å². The third-order valence-electron chi connectivity index (χ3n) is 2.59. The molecule has 2 N–H and O–H groups in total. The van der Waals surface area contributed by atoms with Crippen LogP contribution in [0.5, 0.6) is 0 Å². The van der Waals surface area contributed by atoms with Gasteiger partial charge in [-0.25, -0.2) is 0 Å². The summed E-state index contributed by atoms with van der Waals surface area (Å²) in [5, 5.41) is 17.5. The molecule has 16 heavy (non-hydrogen) atoms. The molecule has 2 nitrogen and oxygen atoms in total. The second-order valence-electron chi connectivity index (χ2n) is 4.02. The van der Waals surface area contributed by atoms with Crippen LogP contribution in [0.15, 0.2) is 50.0 Å². The summed E-state index contributed by atoms with van der Waals surface area (Å²) in [6.07, 6.45) is 7.70. The van der Waals surface area contributed by atoms with Gasteiger partial charge in [-0.2, -0.15) is 0 Å². The Balaban J connectivity index is 4.64. The lowest BCUT2D eigenvalue weighted by molar-refractivity contribution is 0.424. The van der Waals surface area contributed by atoms with Crippen molar-refractivity contribution in [3.63, 3.8) is 0 Å². The summed E-state index contributed by atoms with van der Waals surface area (Å²) in [4.78, 5) is 0. The van der Waals surface area contributed by atoms with Gasteiger partial charge in [-0.05, 0) is 24.2 Å². The standard InChI is InChI=1S/C12H21BO2Si/c1-4-9-16(10-5-2,11-6-3)12-7-8-13(14)15/h4-8,14-15H,1-3,9-12H2. The third-order valence-corrected chi connectivity index (χ3v) is 7.16. The zero-order valence-corrected chi connectivity index (χ0v) is 10.8. The van der Waals surface area contributed by atoms with Gasteiger partial charge < -0.3 is 10.0 Å². The van der Waals surface area contributed by atoms with Crippen LogP contribution in [-0.2, 0) is 0 Å². The van der Waals surface area contributed by atoms with Crippen molar-refractivity contribution < 1.29 is 10.0 Å². The van der Waals surface area contributed by atoms with E-state index in [0.717, 1.165) is 24.2 Å². The van der Waals surface area contributed by atoms with Crippen molar-refractivity contribution in [1.29, 1.82) is 0 Å². The van der Waals surface area contributed by atoms with Crippen LogP contribution in [0.1, 0.15) is 0 Å². The lowest BCUT2D eigenvalue weighted by Gasteiger charge is -2.27. The second-order valence-corrected chi connectivity index (χ2v) is 8.66. The van der Waals surface area contributed by atoms with Gasteiger partial charge in [0.25, 0.3) is 0 Å². The average Bonchev–Trinajstić information content (AvgIpc) is 2.18. The van der Waals surface area contributed by atoms with E-state index < -0.39 is 15.2 Å². The minimum atomic E-state index is -1.53. The van der Waals surface area contributed by atoms with Crippen LogP contribution in [0.25, 0.3) is 0 Å². The van der Waals surface area contributed by atoms with Crippen LogP contribution in [0.4, 0.5) is 0 Å². The molecule has 0 aliphatic rings. The first-order chi connectivity index (χ1) is 7.60. The predicted octanol–water partition coefficient (Wildman–Crippen LogP) is 2.56. The SMILES string of the molecule is C=CC[Si](CC=C)(CC=C)CC=CB(O)O. The Hall–Kier alpha value is -0.838. The van der Waals surface area contributed by atoms with E-state index in [2.05, 4.69) is 19.7 Å². The summed E-state index contributed by atoms with van der Waals surface area (Å²) in [6.45, 7) is 11.4. The highest BCUT2D eigenvalue weighted by atomic mass is 28.3. The van der Waals surface area contributed by atoms with E-state index in [0.29, 0.717) is 0 Å². The lowest BCUT2D eigenvalue weighted by atomic mass is 9.92. The minimum Gasteiger partial charge on any atom is -0.424 e. The molecule has 0 saturated heterocycles. The lowest BCUT2D eigenvalue weighted by Crippen LogP contribution is -2.31. The van der Waals surface area contributed by atoms with Crippen molar-refractivity contribution in [2.24, 2.45) is 0 Å². The Labute approximate surface area is 99.9 Å². The van der Waals surface area contributed by atoms with E-state index in [4.69, 9.17) is 10.0 Å². The molecule has 0 aromatic carbocycles. The highest BCUT2D eigenvalue weighted by Crippen LogP contribution is 2.27. The molecule has 4 heteroatoms. The van der Waals surface area contributed by atoms with Crippen LogP contribution < -0.4 is 0 Å². The fourth-order valence-corrected chi connectivity index (χ4v) is 5.33. The molecule has 88 valence electrons. The number of rotatable bonds is 9. The van der Waals surface area contributed by atoms with Gasteiger partial charge in [0.05, 0.1) is 8.07 Å². The summed E-state index contributed by atoms with van der Waals surface area (Å²) in [5.41, 5.74) is 0. The molecule has 0 atom stereocenters. The summed E-state index contributed by atoms with van der Waals surface area (Å²) in [5.74, 6) is 1.41.